The van der Waals surface area contributed by atoms with E-state index < -0.39 is 17.7 Å². The summed E-state index contributed by atoms with van der Waals surface area (Å²) in [4.78, 5) is 44.1. The molecular weight excluding hydrogens is 479 g/mol. The quantitative estimate of drug-likeness (QED) is 0.504. The zero-order chi connectivity index (χ0) is 25.3. The third-order valence-corrected chi connectivity index (χ3v) is 6.00. The van der Waals surface area contributed by atoms with Crippen LogP contribution in [-0.2, 0) is 22.7 Å². The number of pyridine rings is 1. The van der Waals surface area contributed by atoms with Crippen molar-refractivity contribution >= 4 is 40.4 Å². The predicted molar refractivity (Wildman–Crippen MR) is 122 cm³/mol. The number of rotatable bonds is 8. The molecule has 2 amide bonds. The van der Waals surface area contributed by atoms with Gasteiger partial charge in [-0.3, -0.25) is 9.59 Å². The Morgan fingerprint density at radius 3 is 2.71 bits per heavy atom. The van der Waals surface area contributed by atoms with Crippen LogP contribution in [0.4, 0.5) is 4.39 Å². The van der Waals surface area contributed by atoms with E-state index in [1.54, 1.807) is 6.07 Å². The zero-order valence-corrected chi connectivity index (χ0v) is 19.4. The summed E-state index contributed by atoms with van der Waals surface area (Å²) in [5, 5.41) is 22.8. The molecule has 1 aliphatic carbocycles. The van der Waals surface area contributed by atoms with Gasteiger partial charge in [0.2, 0.25) is 11.8 Å². The van der Waals surface area contributed by atoms with Crippen molar-refractivity contribution in [3.05, 3.63) is 58.1 Å². The fraction of sp³-hybridized carbons (Fsp3) is 0.304. The lowest BCUT2D eigenvalue weighted by atomic mass is 10.2. The zero-order valence-electron chi connectivity index (χ0n) is 18.6. The van der Waals surface area contributed by atoms with Crippen molar-refractivity contribution in [3.63, 3.8) is 0 Å². The van der Waals surface area contributed by atoms with Gasteiger partial charge in [0.25, 0.3) is 0 Å². The van der Waals surface area contributed by atoms with Crippen LogP contribution < -0.4 is 0 Å². The van der Waals surface area contributed by atoms with E-state index in [0.29, 0.717) is 0 Å². The molecule has 2 heterocycles. The molecule has 2 aromatic heterocycles. The summed E-state index contributed by atoms with van der Waals surface area (Å²) in [6.45, 7) is -0.500. The van der Waals surface area contributed by atoms with Crippen LogP contribution in [0.1, 0.15) is 34.5 Å². The number of likely N-dealkylation sites (N-methyl/N-ethyl adjacent to an activating group) is 1. The molecule has 3 aromatic rings. The Bertz CT molecular complexity index is 1380. The maximum atomic E-state index is 14.2. The number of benzene rings is 1. The Hall–Kier alpha value is -4.04. The highest BCUT2D eigenvalue weighted by molar-refractivity contribution is 6.30. The third-order valence-electron chi connectivity index (χ3n) is 5.70. The Balaban J connectivity index is 1.50. The minimum Gasteiger partial charge on any atom is -0.478 e. The van der Waals surface area contributed by atoms with E-state index in [2.05, 4.69) is 10.1 Å². The molecule has 1 N–H and O–H groups in total. The number of carboxylic acid groups (broad SMARTS) is 1. The molecule has 0 aliphatic heterocycles. The molecule has 35 heavy (non-hydrogen) atoms. The summed E-state index contributed by atoms with van der Waals surface area (Å²) in [6.07, 6.45) is 2.62. The Morgan fingerprint density at radius 1 is 1.31 bits per heavy atom. The normalized spacial score (nSPS) is 12.9. The SMILES string of the molecule is CN(Cc1cccc(Cl)c1F)C(=O)CN(C(=O)Cn1nc(C#N)c2cc(C(=O)O)cnc21)C1CC1. The number of amides is 2. The number of carbonyl (C=O) groups excluding carboxylic acids is 2. The maximum absolute atomic E-state index is 14.2. The number of fused-ring (bicyclic) bond motifs is 1. The summed E-state index contributed by atoms with van der Waals surface area (Å²) in [5.74, 6) is -2.58. The van der Waals surface area contributed by atoms with Crippen LogP contribution in [0.5, 0.6) is 0 Å². The number of carbonyl (C=O) groups is 3. The van der Waals surface area contributed by atoms with Crippen molar-refractivity contribution in [1.82, 2.24) is 24.6 Å². The predicted octanol–water partition coefficient (Wildman–Crippen LogP) is 2.44. The molecular formula is C23H20ClFN6O4. The van der Waals surface area contributed by atoms with Crippen LogP contribution >= 0.6 is 11.6 Å². The van der Waals surface area contributed by atoms with Gasteiger partial charge in [0.05, 0.1) is 16.0 Å². The van der Waals surface area contributed by atoms with Gasteiger partial charge in [-0.2, -0.15) is 10.4 Å². The molecule has 1 saturated carbocycles. The van der Waals surface area contributed by atoms with E-state index in [1.807, 2.05) is 6.07 Å². The lowest BCUT2D eigenvalue weighted by Crippen LogP contribution is -2.44. The molecule has 4 rings (SSSR count). The highest BCUT2D eigenvalue weighted by atomic mass is 35.5. The van der Waals surface area contributed by atoms with E-state index in [4.69, 9.17) is 11.6 Å². The number of nitrogens with zero attached hydrogens (tertiary/aromatic N) is 6. The van der Waals surface area contributed by atoms with Crippen LogP contribution in [0, 0.1) is 17.1 Å². The number of carboxylic acids is 1. The first-order valence-corrected chi connectivity index (χ1v) is 11.0. The summed E-state index contributed by atoms with van der Waals surface area (Å²) in [5.41, 5.74) is 0.289. The lowest BCUT2D eigenvalue weighted by molar-refractivity contribution is -0.141. The number of nitriles is 1. The van der Waals surface area contributed by atoms with Crippen LogP contribution in [0.3, 0.4) is 0 Å². The number of aromatic carboxylic acids is 1. The maximum Gasteiger partial charge on any atom is 0.337 e. The molecule has 180 valence electrons. The standard InChI is InChI=1S/C23H20ClFN6O4/c1-29(10-13-3-2-4-17(24)21(13)25)19(32)11-30(15-5-6-15)20(33)12-31-22-16(18(8-26)28-31)7-14(9-27-22)23(34)35/h2-4,7,9,15H,5-6,10-12H2,1H3,(H,34,35). The van der Waals surface area contributed by atoms with Crippen molar-refractivity contribution < 1.29 is 23.9 Å². The van der Waals surface area contributed by atoms with Crippen LogP contribution in [0.15, 0.2) is 30.5 Å². The highest BCUT2D eigenvalue weighted by Gasteiger charge is 2.35. The van der Waals surface area contributed by atoms with Gasteiger partial charge in [0, 0.05) is 31.4 Å². The molecule has 1 aromatic carbocycles. The molecule has 0 bridgehead atoms. The first kappa shape index (κ1) is 24.1. The third kappa shape index (κ3) is 5.07. The summed E-state index contributed by atoms with van der Waals surface area (Å²) in [6, 6.07) is 7.61. The van der Waals surface area contributed by atoms with E-state index in [1.165, 1.54) is 39.7 Å². The van der Waals surface area contributed by atoms with Crippen molar-refractivity contribution in [3.8, 4) is 6.07 Å². The second kappa shape index (κ2) is 9.68. The van der Waals surface area contributed by atoms with Crippen molar-refractivity contribution in [2.75, 3.05) is 13.6 Å². The van der Waals surface area contributed by atoms with Crippen LogP contribution in [0.25, 0.3) is 11.0 Å². The van der Waals surface area contributed by atoms with Crippen LogP contribution in [0.2, 0.25) is 5.02 Å². The second-order valence-electron chi connectivity index (χ2n) is 8.23. The minimum atomic E-state index is -1.20. The first-order valence-electron chi connectivity index (χ1n) is 10.7. The van der Waals surface area contributed by atoms with E-state index in [-0.39, 0.29) is 64.5 Å². The average molecular weight is 499 g/mol. The molecule has 1 aliphatic rings. The smallest absolute Gasteiger partial charge is 0.337 e. The Labute approximate surface area is 204 Å². The largest absolute Gasteiger partial charge is 0.478 e. The Morgan fingerprint density at radius 2 is 2.06 bits per heavy atom. The fourth-order valence-electron chi connectivity index (χ4n) is 3.68. The van der Waals surface area contributed by atoms with Gasteiger partial charge in [-0.25, -0.2) is 18.9 Å². The molecule has 0 unspecified atom stereocenters. The number of hydrogen-bond donors (Lipinski definition) is 1. The van der Waals surface area contributed by atoms with Gasteiger partial charge in [-0.15, -0.1) is 0 Å². The number of hydrogen-bond acceptors (Lipinski definition) is 6. The first-order chi connectivity index (χ1) is 16.7. The second-order valence-corrected chi connectivity index (χ2v) is 8.64. The fourth-order valence-corrected chi connectivity index (χ4v) is 3.87. The molecule has 0 atom stereocenters. The minimum absolute atomic E-state index is 0.0108. The van der Waals surface area contributed by atoms with E-state index in [0.717, 1.165) is 19.0 Å². The van der Waals surface area contributed by atoms with Crippen molar-refractivity contribution in [2.24, 2.45) is 0 Å². The highest BCUT2D eigenvalue weighted by Crippen LogP contribution is 2.28. The van der Waals surface area contributed by atoms with Gasteiger partial charge in [-0.05, 0) is 25.0 Å². The molecule has 0 spiro atoms. The van der Waals surface area contributed by atoms with Crippen molar-refractivity contribution in [2.45, 2.75) is 32.0 Å². The monoisotopic (exact) mass is 498 g/mol. The number of aromatic nitrogens is 3. The lowest BCUT2D eigenvalue weighted by Gasteiger charge is -2.25. The topological polar surface area (TPSA) is 132 Å². The summed E-state index contributed by atoms with van der Waals surface area (Å²) >= 11 is 5.81. The summed E-state index contributed by atoms with van der Waals surface area (Å²) in [7, 11) is 1.52. The van der Waals surface area contributed by atoms with E-state index in [9.17, 15) is 29.1 Å². The van der Waals surface area contributed by atoms with Gasteiger partial charge in [0.15, 0.2) is 11.3 Å². The molecule has 12 heteroatoms. The molecule has 0 saturated heterocycles. The van der Waals surface area contributed by atoms with Gasteiger partial charge < -0.3 is 14.9 Å². The summed E-state index contributed by atoms with van der Waals surface area (Å²) < 4.78 is 15.4. The van der Waals surface area contributed by atoms with Gasteiger partial charge in [-0.1, -0.05) is 23.7 Å². The number of halogens is 2. The average Bonchev–Trinajstić information content (AvgIpc) is 3.62. The molecule has 10 nitrogen and oxygen atoms in total. The molecule has 0 radical (unpaired) electrons. The Kier molecular flexibility index (Phi) is 6.66. The van der Waals surface area contributed by atoms with Crippen LogP contribution in [-0.4, -0.2) is 67.1 Å². The molecule has 1 fully saturated rings. The van der Waals surface area contributed by atoms with Gasteiger partial charge in [0.1, 0.15) is 25.0 Å². The van der Waals surface area contributed by atoms with E-state index >= 15 is 0 Å². The van der Waals surface area contributed by atoms with Gasteiger partial charge >= 0.3 is 5.97 Å². The van der Waals surface area contributed by atoms with Crippen molar-refractivity contribution in [1.29, 1.82) is 5.26 Å².